The number of allylic oxidation sites excluding steroid dienone is 13. The number of hydrogen-bond donors (Lipinski definition) is 2. The zero-order chi connectivity index (χ0) is 43.9. The van der Waals surface area contributed by atoms with Gasteiger partial charge in [0.25, 0.3) is 5.70 Å². The Bertz CT molecular complexity index is 2820. The van der Waals surface area contributed by atoms with Crippen LogP contribution in [0.5, 0.6) is 0 Å². The van der Waals surface area contributed by atoms with Crippen LogP contribution in [0.4, 0.5) is 17.1 Å². The van der Waals surface area contributed by atoms with Crippen molar-refractivity contribution in [2.45, 2.75) is 19.8 Å². The summed E-state index contributed by atoms with van der Waals surface area (Å²) in [5.74, 6) is -0.301. The molecule has 0 fully saturated rings. The normalized spacial score (nSPS) is 14.5. The minimum absolute atomic E-state index is 0.0308. The van der Waals surface area contributed by atoms with E-state index in [0.717, 1.165) is 35.0 Å². The Hall–Kier alpha value is -8.05. The molecule has 4 rings (SSSR count). The van der Waals surface area contributed by atoms with Gasteiger partial charge < -0.3 is 4.90 Å². The summed E-state index contributed by atoms with van der Waals surface area (Å²) >= 11 is 0. The summed E-state index contributed by atoms with van der Waals surface area (Å²) in [7, 11) is -7.11. The summed E-state index contributed by atoms with van der Waals surface area (Å²) in [5, 5.41) is 49.9. The molecule has 60 heavy (non-hydrogen) atoms. The SMILES string of the molecule is [C-]#[N+]\C(C#N)=C(/C(C#N)=C/C=C/C1=C(N(CC)c2ccccc2)C(=C/C=C/C(C#N)=C(\c2ccc(NS(C)(=O)=O)cc2)[C-](C#N)C#N)/CC1)c1ccc(NS(C)(=O)=O)cc1. The molecule has 1 aliphatic rings. The maximum absolute atomic E-state index is 11.7. The van der Waals surface area contributed by atoms with Crippen LogP contribution in [0.2, 0.25) is 0 Å². The van der Waals surface area contributed by atoms with Crippen molar-refractivity contribution in [3.8, 4) is 30.3 Å². The van der Waals surface area contributed by atoms with Gasteiger partial charge in [0.1, 0.15) is 0 Å². The number of nitrogens with zero attached hydrogens (tertiary/aromatic N) is 7. The first-order chi connectivity index (χ1) is 28.7. The van der Waals surface area contributed by atoms with Gasteiger partial charge in [-0.15, -0.1) is 29.3 Å². The van der Waals surface area contributed by atoms with Gasteiger partial charge in [0.2, 0.25) is 20.0 Å². The van der Waals surface area contributed by atoms with Crippen LogP contribution in [0.1, 0.15) is 30.9 Å². The van der Waals surface area contributed by atoms with E-state index in [1.165, 1.54) is 60.7 Å². The highest BCUT2D eigenvalue weighted by molar-refractivity contribution is 7.92. The number of likely N-dealkylation sites (N-methyl/N-ethyl adjacent to an activating group) is 1. The lowest BCUT2D eigenvalue weighted by atomic mass is 9.90. The van der Waals surface area contributed by atoms with E-state index in [-0.39, 0.29) is 45.3 Å². The fraction of sp³-hybridized carbons (Fsp3) is 0.133. The van der Waals surface area contributed by atoms with Crippen molar-refractivity contribution in [2.75, 3.05) is 33.4 Å². The summed E-state index contributed by atoms with van der Waals surface area (Å²) in [5.41, 5.74) is 4.79. The molecule has 13 nitrogen and oxygen atoms in total. The van der Waals surface area contributed by atoms with Gasteiger partial charge in [-0.25, -0.2) is 42.7 Å². The van der Waals surface area contributed by atoms with Crippen molar-refractivity contribution in [3.63, 3.8) is 0 Å². The molecule has 3 aromatic carbocycles. The molecule has 0 unspecified atom stereocenters. The second-order valence-corrected chi connectivity index (χ2v) is 16.4. The minimum atomic E-state index is -3.55. The maximum Gasteiger partial charge on any atom is 0.270 e. The van der Waals surface area contributed by atoms with Crippen molar-refractivity contribution in [1.82, 2.24) is 0 Å². The van der Waals surface area contributed by atoms with Crippen LogP contribution >= 0.6 is 0 Å². The molecule has 0 aliphatic heterocycles. The van der Waals surface area contributed by atoms with Crippen LogP contribution < -0.4 is 14.3 Å². The van der Waals surface area contributed by atoms with Gasteiger partial charge in [0, 0.05) is 59.0 Å². The molecular weight excluding hydrogens is 795 g/mol. The number of para-hydroxylation sites is 1. The first-order valence-electron chi connectivity index (χ1n) is 17.9. The molecule has 0 heterocycles. The molecule has 15 heteroatoms. The van der Waals surface area contributed by atoms with E-state index in [2.05, 4.69) is 31.3 Å². The fourth-order valence-corrected chi connectivity index (χ4v) is 7.43. The third kappa shape index (κ3) is 11.7. The van der Waals surface area contributed by atoms with E-state index < -0.39 is 20.0 Å². The molecule has 3 aromatic rings. The lowest BCUT2D eigenvalue weighted by Crippen LogP contribution is -2.22. The molecule has 0 atom stereocenters. The largest absolute Gasteiger partial charge is 0.341 e. The van der Waals surface area contributed by atoms with Crippen molar-refractivity contribution in [3.05, 3.63) is 177 Å². The fourth-order valence-electron chi connectivity index (χ4n) is 6.30. The van der Waals surface area contributed by atoms with E-state index in [9.17, 15) is 43.1 Å². The Morgan fingerprint density at radius 2 is 1.38 bits per heavy atom. The molecule has 0 spiro atoms. The van der Waals surface area contributed by atoms with Crippen LogP contribution in [-0.4, -0.2) is 35.9 Å². The smallest absolute Gasteiger partial charge is 0.270 e. The van der Waals surface area contributed by atoms with Gasteiger partial charge in [0.15, 0.2) is 0 Å². The van der Waals surface area contributed by atoms with Gasteiger partial charge in [-0.3, -0.25) is 9.44 Å². The summed E-state index contributed by atoms with van der Waals surface area (Å²) in [6.07, 6.45) is 13.3. The van der Waals surface area contributed by atoms with Gasteiger partial charge in [-0.05, 0) is 84.5 Å². The van der Waals surface area contributed by atoms with Crippen molar-refractivity contribution >= 4 is 48.3 Å². The van der Waals surface area contributed by atoms with Crippen LogP contribution in [0.15, 0.2) is 149 Å². The molecule has 0 saturated heterocycles. The van der Waals surface area contributed by atoms with E-state index in [0.29, 0.717) is 30.5 Å². The molecular formula is C45H36N9O4S2-. The molecule has 0 saturated carbocycles. The van der Waals surface area contributed by atoms with E-state index in [1.54, 1.807) is 12.2 Å². The van der Waals surface area contributed by atoms with Crippen LogP contribution in [0, 0.1) is 69.1 Å². The number of sulfonamides is 2. The second-order valence-electron chi connectivity index (χ2n) is 12.9. The van der Waals surface area contributed by atoms with Crippen molar-refractivity contribution < 1.29 is 16.8 Å². The highest BCUT2D eigenvalue weighted by Gasteiger charge is 2.24. The first kappa shape index (κ1) is 44.7. The van der Waals surface area contributed by atoms with Gasteiger partial charge in [-0.2, -0.15) is 5.26 Å². The molecule has 0 aromatic heterocycles. The van der Waals surface area contributed by atoms with Gasteiger partial charge >= 0.3 is 0 Å². The number of nitriles is 5. The molecule has 1 aliphatic carbocycles. The first-order valence-corrected chi connectivity index (χ1v) is 21.7. The Morgan fingerprint density at radius 3 is 1.87 bits per heavy atom. The Labute approximate surface area is 351 Å². The van der Waals surface area contributed by atoms with E-state index in [4.69, 9.17) is 6.57 Å². The zero-order valence-electron chi connectivity index (χ0n) is 32.7. The number of anilines is 3. The highest BCUT2D eigenvalue weighted by atomic mass is 32.2. The van der Waals surface area contributed by atoms with E-state index in [1.807, 2.05) is 67.6 Å². The van der Waals surface area contributed by atoms with Crippen LogP contribution in [0.3, 0.4) is 0 Å². The van der Waals surface area contributed by atoms with E-state index >= 15 is 0 Å². The number of hydrogen-bond acceptors (Lipinski definition) is 10. The summed E-state index contributed by atoms with van der Waals surface area (Å²) in [6, 6.07) is 31.4. The quantitative estimate of drug-likeness (QED) is 0.0848. The Balaban J connectivity index is 1.82. The van der Waals surface area contributed by atoms with Crippen LogP contribution in [0.25, 0.3) is 16.0 Å². The molecule has 2 N–H and O–H groups in total. The van der Waals surface area contributed by atoms with Crippen LogP contribution in [-0.2, 0) is 20.0 Å². The Kier molecular flexibility index (Phi) is 15.2. The number of nitrogens with one attached hydrogen (secondary N) is 2. The monoisotopic (exact) mass is 830 g/mol. The molecule has 0 radical (unpaired) electrons. The maximum atomic E-state index is 11.7. The zero-order valence-corrected chi connectivity index (χ0v) is 34.3. The Morgan fingerprint density at radius 1 is 0.800 bits per heavy atom. The molecule has 0 amide bonds. The third-order valence-corrected chi connectivity index (χ3v) is 9.92. The topological polar surface area (TPSA) is 219 Å². The standard InChI is InChI=1S/C45H36N9O4S2/c1-5-54(41-15-7-6-8-16-41)45-34(11-9-13-36(27-46)43(38(29-48)30-49)32-19-23-39(24-20-32)52-59(3,55)56)17-18-35(45)12-10-14-37(28-47)44(42(31-50)51-2)33-21-25-40(26-22-33)53-60(4,57)58/h6-16,19-26,52-53H,5,17-18H2,1,3-4H3/q-1/b12-10+,13-9+,34-11+,37-14+,43-36-,44-42-. The highest BCUT2D eigenvalue weighted by Crippen LogP contribution is 2.38. The van der Waals surface area contributed by atoms with Gasteiger partial charge in [0.05, 0.1) is 36.8 Å². The summed E-state index contributed by atoms with van der Waals surface area (Å²) < 4.78 is 51.5. The van der Waals surface area contributed by atoms with Gasteiger partial charge in [-0.1, -0.05) is 54.6 Å². The van der Waals surface area contributed by atoms with Crippen molar-refractivity contribution in [2.24, 2.45) is 0 Å². The molecule has 0 bridgehead atoms. The van der Waals surface area contributed by atoms with Crippen molar-refractivity contribution in [1.29, 1.82) is 26.3 Å². The number of rotatable bonds is 15. The lowest BCUT2D eigenvalue weighted by molar-refractivity contribution is 0.605. The average Bonchev–Trinajstić information content (AvgIpc) is 3.61. The third-order valence-electron chi connectivity index (χ3n) is 8.71. The lowest BCUT2D eigenvalue weighted by Gasteiger charge is -2.27. The predicted octanol–water partition coefficient (Wildman–Crippen LogP) is 8.25. The number of benzene rings is 3. The predicted molar refractivity (Wildman–Crippen MR) is 232 cm³/mol. The molecule has 298 valence electrons. The summed E-state index contributed by atoms with van der Waals surface area (Å²) in [4.78, 5) is 5.48. The minimum Gasteiger partial charge on any atom is -0.341 e. The average molecular weight is 831 g/mol. The second kappa shape index (κ2) is 20.4. The summed E-state index contributed by atoms with van der Waals surface area (Å²) in [6.45, 7) is 10.2.